The molecule has 6 nitrogen and oxygen atoms in total. The molecule has 0 aliphatic carbocycles. The lowest BCUT2D eigenvalue weighted by Gasteiger charge is -2.07. The molecule has 0 atom stereocenters. The number of rotatable bonds is 4. The van der Waals surface area contributed by atoms with Crippen LogP contribution in [0.2, 0.25) is 0 Å². The molecule has 0 radical (unpaired) electrons. The fraction of sp³-hybridized carbons (Fsp3) is 0.333. The Morgan fingerprint density at radius 2 is 2.10 bits per heavy atom. The van der Waals surface area contributed by atoms with Crippen molar-refractivity contribution in [2.75, 3.05) is 6.79 Å². The minimum absolute atomic E-state index is 0.0705. The molecule has 21 heavy (non-hydrogen) atoms. The van der Waals surface area contributed by atoms with Crippen molar-refractivity contribution in [1.29, 1.82) is 0 Å². The number of hydrogen-bond donors (Lipinski definition) is 1. The Hall–Kier alpha value is -2.50. The first-order valence-electron chi connectivity index (χ1n) is 6.78. The lowest BCUT2D eigenvalue weighted by Crippen LogP contribution is -2.27. The molecule has 0 bridgehead atoms. The molecule has 0 saturated carbocycles. The number of carbonyl (C=O) groups excluding carboxylic acids is 1. The molecule has 1 aromatic heterocycles. The van der Waals surface area contributed by atoms with Gasteiger partial charge in [0.2, 0.25) is 12.7 Å². The highest BCUT2D eigenvalue weighted by molar-refractivity contribution is 5.75. The van der Waals surface area contributed by atoms with E-state index in [4.69, 9.17) is 9.47 Å². The van der Waals surface area contributed by atoms with Gasteiger partial charge in [-0.2, -0.15) is 5.10 Å². The van der Waals surface area contributed by atoms with Gasteiger partial charge in [-0.3, -0.25) is 9.48 Å². The number of benzene rings is 1. The number of nitrogens with zero attached hydrogens (tertiary/aromatic N) is 2. The summed E-state index contributed by atoms with van der Waals surface area (Å²) in [5, 5.41) is 7.15. The molecular weight excluding hydrogens is 270 g/mol. The summed E-state index contributed by atoms with van der Waals surface area (Å²) in [6, 6.07) is 7.60. The molecule has 6 heteroatoms. The van der Waals surface area contributed by atoms with Gasteiger partial charge in [0.05, 0.1) is 5.69 Å². The molecular formula is C15H17N3O3. The quantitative estimate of drug-likeness (QED) is 0.926. The third-order valence-electron chi connectivity index (χ3n) is 3.32. The van der Waals surface area contributed by atoms with Crippen LogP contribution in [0.4, 0.5) is 0 Å². The van der Waals surface area contributed by atoms with Crippen LogP contribution in [0.25, 0.3) is 0 Å². The number of aromatic nitrogens is 2. The average molecular weight is 287 g/mol. The van der Waals surface area contributed by atoms with Crippen molar-refractivity contribution in [2.24, 2.45) is 0 Å². The topological polar surface area (TPSA) is 65.4 Å². The summed E-state index contributed by atoms with van der Waals surface area (Å²) in [7, 11) is 0. The maximum Gasteiger partial charge on any atom is 0.242 e. The maximum atomic E-state index is 12.0. The Morgan fingerprint density at radius 1 is 1.29 bits per heavy atom. The molecule has 2 heterocycles. The van der Waals surface area contributed by atoms with Crippen LogP contribution in [0, 0.1) is 13.8 Å². The number of nitrogens with one attached hydrogen (secondary N) is 1. The summed E-state index contributed by atoms with van der Waals surface area (Å²) in [6.45, 7) is 4.78. The molecule has 0 saturated heterocycles. The first-order chi connectivity index (χ1) is 10.1. The van der Waals surface area contributed by atoms with Crippen LogP contribution >= 0.6 is 0 Å². The van der Waals surface area contributed by atoms with Crippen LogP contribution in [-0.4, -0.2) is 22.5 Å². The molecule has 0 unspecified atom stereocenters. The largest absolute Gasteiger partial charge is 0.454 e. The number of hydrogen-bond acceptors (Lipinski definition) is 4. The van der Waals surface area contributed by atoms with Crippen LogP contribution in [0.15, 0.2) is 24.3 Å². The third kappa shape index (κ3) is 2.99. The molecule has 1 aromatic carbocycles. The highest BCUT2D eigenvalue weighted by Gasteiger charge is 2.13. The lowest BCUT2D eigenvalue weighted by atomic mass is 10.2. The summed E-state index contributed by atoms with van der Waals surface area (Å²) in [4.78, 5) is 12.0. The second-order valence-electron chi connectivity index (χ2n) is 5.05. The molecule has 2 aromatic rings. The van der Waals surface area contributed by atoms with Gasteiger partial charge in [-0.1, -0.05) is 6.07 Å². The number of carbonyl (C=O) groups is 1. The van der Waals surface area contributed by atoms with E-state index < -0.39 is 0 Å². The minimum atomic E-state index is -0.0705. The highest BCUT2D eigenvalue weighted by atomic mass is 16.7. The van der Waals surface area contributed by atoms with Crippen LogP contribution in [0.5, 0.6) is 11.5 Å². The van der Waals surface area contributed by atoms with E-state index in [1.165, 1.54) is 0 Å². The van der Waals surface area contributed by atoms with Gasteiger partial charge in [-0.15, -0.1) is 0 Å². The fourth-order valence-corrected chi connectivity index (χ4v) is 2.28. The van der Waals surface area contributed by atoms with Gasteiger partial charge in [0, 0.05) is 12.2 Å². The van der Waals surface area contributed by atoms with Crippen molar-refractivity contribution >= 4 is 5.91 Å². The predicted molar refractivity (Wildman–Crippen MR) is 76.1 cm³/mol. The summed E-state index contributed by atoms with van der Waals surface area (Å²) in [6.07, 6.45) is 0. The van der Waals surface area contributed by atoms with Crippen LogP contribution in [0.1, 0.15) is 17.0 Å². The molecule has 3 rings (SSSR count). The average Bonchev–Trinajstić information content (AvgIpc) is 3.02. The van der Waals surface area contributed by atoms with Gasteiger partial charge >= 0.3 is 0 Å². The molecule has 1 amide bonds. The van der Waals surface area contributed by atoms with E-state index in [0.717, 1.165) is 28.5 Å². The van der Waals surface area contributed by atoms with Gasteiger partial charge in [-0.05, 0) is 37.6 Å². The van der Waals surface area contributed by atoms with E-state index in [2.05, 4.69) is 10.4 Å². The number of aryl methyl sites for hydroxylation is 2. The Bertz CT molecular complexity index is 679. The lowest BCUT2D eigenvalue weighted by molar-refractivity contribution is -0.122. The Balaban J connectivity index is 1.57. The van der Waals surface area contributed by atoms with Crippen molar-refractivity contribution in [3.05, 3.63) is 41.2 Å². The first kappa shape index (κ1) is 13.5. The van der Waals surface area contributed by atoms with Crippen LogP contribution in [-0.2, 0) is 17.9 Å². The smallest absolute Gasteiger partial charge is 0.242 e. The van der Waals surface area contributed by atoms with E-state index in [1.54, 1.807) is 4.68 Å². The van der Waals surface area contributed by atoms with E-state index >= 15 is 0 Å². The number of fused-ring (bicyclic) bond motifs is 1. The second-order valence-corrected chi connectivity index (χ2v) is 5.05. The minimum Gasteiger partial charge on any atom is -0.454 e. The normalized spacial score (nSPS) is 12.5. The number of amides is 1. The number of ether oxygens (including phenoxy) is 2. The van der Waals surface area contributed by atoms with E-state index in [0.29, 0.717) is 6.54 Å². The first-order valence-corrected chi connectivity index (χ1v) is 6.78. The molecule has 1 aliphatic rings. The molecule has 0 fully saturated rings. The van der Waals surface area contributed by atoms with Crippen molar-refractivity contribution in [1.82, 2.24) is 15.1 Å². The molecule has 1 aliphatic heterocycles. The van der Waals surface area contributed by atoms with E-state index in [9.17, 15) is 4.79 Å². The van der Waals surface area contributed by atoms with Crippen molar-refractivity contribution in [3.8, 4) is 11.5 Å². The summed E-state index contributed by atoms with van der Waals surface area (Å²) >= 11 is 0. The third-order valence-corrected chi connectivity index (χ3v) is 3.32. The van der Waals surface area contributed by atoms with E-state index in [1.807, 2.05) is 38.1 Å². The highest BCUT2D eigenvalue weighted by Crippen LogP contribution is 2.32. The van der Waals surface area contributed by atoms with Gasteiger partial charge in [0.1, 0.15) is 6.54 Å². The van der Waals surface area contributed by atoms with Crippen LogP contribution < -0.4 is 14.8 Å². The monoisotopic (exact) mass is 287 g/mol. The predicted octanol–water partition coefficient (Wildman–Crippen LogP) is 1.55. The SMILES string of the molecule is Cc1cc(C)n(CC(=O)NCc2ccc3c(c2)OCO3)n1. The zero-order valence-corrected chi connectivity index (χ0v) is 12.0. The second kappa shape index (κ2) is 5.47. The fourth-order valence-electron chi connectivity index (χ4n) is 2.28. The Kier molecular flexibility index (Phi) is 3.51. The van der Waals surface area contributed by atoms with Gasteiger partial charge in [0.15, 0.2) is 11.5 Å². The maximum absolute atomic E-state index is 12.0. The van der Waals surface area contributed by atoms with Gasteiger partial charge in [-0.25, -0.2) is 0 Å². The zero-order chi connectivity index (χ0) is 14.8. The Labute approximate surface area is 122 Å². The van der Waals surface area contributed by atoms with Gasteiger partial charge in [0.25, 0.3) is 0 Å². The van der Waals surface area contributed by atoms with Crippen molar-refractivity contribution in [3.63, 3.8) is 0 Å². The van der Waals surface area contributed by atoms with Gasteiger partial charge < -0.3 is 14.8 Å². The van der Waals surface area contributed by atoms with Crippen molar-refractivity contribution in [2.45, 2.75) is 26.9 Å². The summed E-state index contributed by atoms with van der Waals surface area (Å²) in [5.74, 6) is 1.40. The molecule has 0 spiro atoms. The summed E-state index contributed by atoms with van der Waals surface area (Å²) < 4.78 is 12.3. The summed E-state index contributed by atoms with van der Waals surface area (Å²) in [5.41, 5.74) is 2.86. The Morgan fingerprint density at radius 3 is 2.86 bits per heavy atom. The van der Waals surface area contributed by atoms with Crippen molar-refractivity contribution < 1.29 is 14.3 Å². The van der Waals surface area contributed by atoms with Crippen LogP contribution in [0.3, 0.4) is 0 Å². The standard InChI is InChI=1S/C15H17N3O3/c1-10-5-11(2)18(17-10)8-15(19)16-7-12-3-4-13-14(6-12)21-9-20-13/h3-6H,7-9H2,1-2H3,(H,16,19). The molecule has 110 valence electrons. The zero-order valence-electron chi connectivity index (χ0n) is 12.0. The molecule has 1 N–H and O–H groups in total. The van der Waals surface area contributed by atoms with E-state index in [-0.39, 0.29) is 19.2 Å².